The van der Waals surface area contributed by atoms with Crippen molar-refractivity contribution in [2.24, 2.45) is 17.8 Å². The first kappa shape index (κ1) is 26.9. The van der Waals surface area contributed by atoms with Crippen molar-refractivity contribution in [2.45, 2.75) is 25.4 Å². The van der Waals surface area contributed by atoms with Crippen LogP contribution in [0.15, 0.2) is 67.1 Å². The Labute approximate surface area is 221 Å². The Bertz CT molecular complexity index is 1220. The minimum Gasteiger partial charge on any atom is -0.384 e. The van der Waals surface area contributed by atoms with E-state index in [1.807, 2.05) is 49.1 Å². The van der Waals surface area contributed by atoms with Crippen molar-refractivity contribution < 1.29 is 18.7 Å². The van der Waals surface area contributed by atoms with Crippen LogP contribution >= 0.6 is 12.4 Å². The summed E-state index contributed by atoms with van der Waals surface area (Å²) in [5, 5.41) is 11.7. The number of aliphatic hydroxyl groups is 1. The molecule has 2 unspecified atom stereocenters. The van der Waals surface area contributed by atoms with Gasteiger partial charge in [-0.15, -0.1) is 12.4 Å². The minimum absolute atomic E-state index is 0. The molecule has 2 aromatic carbocycles. The molecule has 5 rings (SSSR count). The number of amides is 1. The van der Waals surface area contributed by atoms with Crippen molar-refractivity contribution in [1.82, 2.24) is 14.9 Å². The van der Waals surface area contributed by atoms with Gasteiger partial charge in [0.1, 0.15) is 23.8 Å². The van der Waals surface area contributed by atoms with E-state index < -0.39 is 29.1 Å². The molecule has 0 saturated carbocycles. The molecule has 3 aromatic rings. The zero-order chi connectivity index (χ0) is 25.4. The highest BCUT2D eigenvalue weighted by Crippen LogP contribution is 2.43. The van der Waals surface area contributed by atoms with Crippen molar-refractivity contribution in [2.75, 3.05) is 31.1 Å². The molecule has 0 radical (unpaired) electrons. The van der Waals surface area contributed by atoms with Crippen LogP contribution in [0.3, 0.4) is 0 Å². The first-order valence-corrected chi connectivity index (χ1v) is 12.3. The maximum atomic E-state index is 14.9. The number of anilines is 1. The monoisotopic (exact) mass is 528 g/mol. The van der Waals surface area contributed by atoms with Gasteiger partial charge in [-0.05, 0) is 23.3 Å². The zero-order valence-electron chi connectivity index (χ0n) is 20.8. The molecule has 2 aliphatic rings. The Morgan fingerprint density at radius 2 is 1.70 bits per heavy atom. The average Bonchev–Trinajstić information content (AvgIpc) is 3.32. The molecule has 6 nitrogen and oxygen atoms in total. The molecule has 0 spiro atoms. The van der Waals surface area contributed by atoms with Gasteiger partial charge in [0.25, 0.3) is 0 Å². The molecule has 9 heteroatoms. The van der Waals surface area contributed by atoms with Gasteiger partial charge in [0.15, 0.2) is 0 Å². The summed E-state index contributed by atoms with van der Waals surface area (Å²) in [6.07, 6.45) is 3.07. The predicted octanol–water partition coefficient (Wildman–Crippen LogP) is 4.40. The van der Waals surface area contributed by atoms with E-state index in [0.717, 1.165) is 11.6 Å². The number of carbonyl (C=O) groups is 1. The quantitative estimate of drug-likeness (QED) is 0.543. The summed E-state index contributed by atoms with van der Waals surface area (Å²) in [7, 11) is 0. The van der Waals surface area contributed by atoms with Crippen LogP contribution < -0.4 is 4.90 Å². The molecule has 3 heterocycles. The van der Waals surface area contributed by atoms with E-state index in [4.69, 9.17) is 0 Å². The minimum atomic E-state index is -1.05. The highest BCUT2D eigenvalue weighted by Gasteiger charge is 2.49. The number of hydrogen-bond acceptors (Lipinski definition) is 5. The molecule has 4 atom stereocenters. The Morgan fingerprint density at radius 1 is 1.00 bits per heavy atom. The van der Waals surface area contributed by atoms with Crippen molar-refractivity contribution >= 4 is 24.1 Å². The summed E-state index contributed by atoms with van der Waals surface area (Å²) in [4.78, 5) is 26.0. The van der Waals surface area contributed by atoms with Crippen molar-refractivity contribution in [3.63, 3.8) is 0 Å². The number of likely N-dealkylation sites (tertiary alicyclic amines) is 1. The second-order valence-electron chi connectivity index (χ2n) is 10.1. The number of piperidine rings is 1. The average molecular weight is 529 g/mol. The second-order valence-corrected chi connectivity index (χ2v) is 10.1. The number of nitrogens with zero attached hydrogens (tertiary/aromatic N) is 4. The van der Waals surface area contributed by atoms with Crippen LogP contribution in [-0.2, 0) is 10.4 Å². The molecule has 2 aliphatic heterocycles. The van der Waals surface area contributed by atoms with E-state index >= 15 is 0 Å². The first-order valence-electron chi connectivity index (χ1n) is 12.3. The summed E-state index contributed by atoms with van der Waals surface area (Å²) in [6, 6.07) is 14.9. The topological polar surface area (TPSA) is 69.6 Å². The van der Waals surface area contributed by atoms with Crippen molar-refractivity contribution in [3.8, 4) is 0 Å². The van der Waals surface area contributed by atoms with E-state index in [2.05, 4.69) is 9.97 Å². The fraction of sp³-hybridized carbons (Fsp3) is 0.393. The Morgan fingerprint density at radius 3 is 2.32 bits per heavy atom. The summed E-state index contributed by atoms with van der Waals surface area (Å²) in [6.45, 7) is 5.43. The van der Waals surface area contributed by atoms with Gasteiger partial charge < -0.3 is 14.9 Å². The third-order valence-electron chi connectivity index (χ3n) is 7.93. The molecular formula is C28H31ClF2N4O2. The lowest BCUT2D eigenvalue weighted by Gasteiger charge is -2.48. The molecule has 1 amide bonds. The molecule has 37 heavy (non-hydrogen) atoms. The summed E-state index contributed by atoms with van der Waals surface area (Å²) < 4.78 is 28.5. The molecule has 0 aliphatic carbocycles. The number of hydrogen-bond donors (Lipinski definition) is 1. The lowest BCUT2D eigenvalue weighted by Crippen LogP contribution is -2.57. The SMILES string of the molecule is CC1CN(C(=O)[C@@H]2CN(c3ccncn3)C[C@H]2c2ccc(F)cc2F)CC(C)C1(O)c1ccccc1.Cl. The van der Waals surface area contributed by atoms with Crippen LogP contribution in [0.1, 0.15) is 30.9 Å². The molecule has 196 valence electrons. The van der Waals surface area contributed by atoms with Crippen LogP contribution in [0, 0.1) is 29.4 Å². The van der Waals surface area contributed by atoms with Gasteiger partial charge >= 0.3 is 0 Å². The van der Waals surface area contributed by atoms with E-state index in [1.165, 1.54) is 18.5 Å². The largest absolute Gasteiger partial charge is 0.384 e. The summed E-state index contributed by atoms with van der Waals surface area (Å²) >= 11 is 0. The smallest absolute Gasteiger partial charge is 0.228 e. The molecule has 1 N–H and O–H groups in total. The maximum Gasteiger partial charge on any atom is 0.228 e. The van der Waals surface area contributed by atoms with Gasteiger partial charge in [0.05, 0.1) is 11.5 Å². The fourth-order valence-corrected chi connectivity index (χ4v) is 6.02. The number of benzene rings is 2. The third-order valence-corrected chi connectivity index (χ3v) is 7.93. The van der Waals surface area contributed by atoms with Crippen molar-refractivity contribution in [3.05, 3.63) is 89.9 Å². The standard InChI is InChI=1S/C28H30F2N4O2.ClH/c1-18-13-34(14-19(2)28(18,36)20-6-4-3-5-7-20)27(35)24-16-33(26-10-11-31-17-32-26)15-23(24)22-9-8-21(29)12-25(22)30;/h3-12,17-19,23-24,36H,13-16H2,1-2H3;1H/t18?,19?,23-,24+,28?;/m0./s1. The second kappa shape index (κ2) is 10.7. The summed E-state index contributed by atoms with van der Waals surface area (Å²) in [5.74, 6) is -2.14. The third kappa shape index (κ3) is 4.92. The maximum absolute atomic E-state index is 14.9. The van der Waals surface area contributed by atoms with Gasteiger partial charge in [-0.3, -0.25) is 4.79 Å². The van der Waals surface area contributed by atoms with Gasteiger partial charge in [0, 0.05) is 56.2 Å². The first-order chi connectivity index (χ1) is 17.3. The Kier molecular flexibility index (Phi) is 7.80. The number of rotatable bonds is 4. The van der Waals surface area contributed by atoms with Gasteiger partial charge in [-0.25, -0.2) is 18.7 Å². The number of aromatic nitrogens is 2. The lowest BCUT2D eigenvalue weighted by atomic mass is 9.70. The van der Waals surface area contributed by atoms with Crippen LogP contribution in [-0.4, -0.2) is 52.1 Å². The fourth-order valence-electron chi connectivity index (χ4n) is 6.02. The van der Waals surface area contributed by atoms with E-state index in [9.17, 15) is 18.7 Å². The summed E-state index contributed by atoms with van der Waals surface area (Å²) in [5.41, 5.74) is 0.118. The Hall–Kier alpha value is -3.10. The molecular weight excluding hydrogens is 498 g/mol. The molecule has 0 bridgehead atoms. The normalized spacial score (nSPS) is 27.6. The highest BCUT2D eigenvalue weighted by molar-refractivity contribution is 5.85. The van der Waals surface area contributed by atoms with Crippen LogP contribution in [0.5, 0.6) is 0 Å². The number of carbonyl (C=O) groups excluding carboxylic acids is 1. The lowest BCUT2D eigenvalue weighted by molar-refractivity contribution is -0.152. The zero-order valence-corrected chi connectivity index (χ0v) is 21.6. The highest BCUT2D eigenvalue weighted by atomic mass is 35.5. The molecule has 2 fully saturated rings. The van der Waals surface area contributed by atoms with Crippen LogP contribution in [0.25, 0.3) is 0 Å². The van der Waals surface area contributed by atoms with Crippen LogP contribution in [0.4, 0.5) is 14.6 Å². The van der Waals surface area contributed by atoms with Crippen LogP contribution in [0.2, 0.25) is 0 Å². The van der Waals surface area contributed by atoms with E-state index in [1.54, 1.807) is 17.2 Å². The van der Waals surface area contributed by atoms with Gasteiger partial charge in [-0.1, -0.05) is 50.2 Å². The van der Waals surface area contributed by atoms with Gasteiger partial charge in [0.2, 0.25) is 5.91 Å². The van der Waals surface area contributed by atoms with E-state index in [-0.39, 0.29) is 30.2 Å². The van der Waals surface area contributed by atoms with E-state index in [0.29, 0.717) is 37.6 Å². The predicted molar refractivity (Wildman–Crippen MR) is 139 cm³/mol. The van der Waals surface area contributed by atoms with Crippen molar-refractivity contribution in [1.29, 1.82) is 0 Å². The number of halogens is 3. The Balaban J connectivity index is 0.00000320. The molecule has 2 saturated heterocycles. The molecule has 1 aromatic heterocycles. The van der Waals surface area contributed by atoms with Gasteiger partial charge in [-0.2, -0.15) is 0 Å².